The number of aliphatic hydroxyl groups is 2. The van der Waals surface area contributed by atoms with Crippen LogP contribution in [-0.4, -0.2) is 53.1 Å². The van der Waals surface area contributed by atoms with Gasteiger partial charge in [0.2, 0.25) is 5.91 Å². The molecule has 0 fully saturated rings. The minimum atomic E-state index is -4.46. The molecular weight excluding hydrogens is 695 g/mol. The summed E-state index contributed by atoms with van der Waals surface area (Å²) < 4.78 is 32.6. The van der Waals surface area contributed by atoms with E-state index < -0.39 is 40.0 Å². The van der Waals surface area contributed by atoms with E-state index in [-0.39, 0.29) is 6.42 Å². The van der Waals surface area contributed by atoms with Gasteiger partial charge in [-0.3, -0.25) is 9.35 Å². The van der Waals surface area contributed by atoms with Crippen molar-refractivity contribution in [3.8, 4) is 0 Å². The summed E-state index contributed by atoms with van der Waals surface area (Å²) in [5, 5.41) is 23.4. The highest BCUT2D eigenvalue weighted by atomic mass is 32.2. The third kappa shape index (κ3) is 38.8. The third-order valence-electron chi connectivity index (χ3n) is 10.4. The quantitative estimate of drug-likeness (QED) is 0.0278. The van der Waals surface area contributed by atoms with Crippen molar-refractivity contribution in [1.82, 2.24) is 5.32 Å². The van der Waals surface area contributed by atoms with Crippen LogP contribution in [0.25, 0.3) is 0 Å². The Bertz CT molecular complexity index is 1010. The molecule has 0 heterocycles. The van der Waals surface area contributed by atoms with Crippen LogP contribution >= 0.6 is 0 Å². The molecule has 0 spiro atoms. The molecule has 0 aliphatic rings. The van der Waals surface area contributed by atoms with Gasteiger partial charge in [0.1, 0.15) is 6.10 Å². The molecule has 1 amide bonds. The summed E-state index contributed by atoms with van der Waals surface area (Å²) in [7, 11) is -4.46. The standard InChI is InChI=1S/C46H87NO6S/c1-3-5-7-9-11-13-15-17-19-20-21-22-23-24-25-27-29-31-33-35-37-39-41-45(49)46(50)47-43(42-54(51,52)53)44(48)40-38-36-34-32-30-28-26-18-16-14-12-10-8-6-4-2/h16,18,30,32,38,40,43-45,48-49H,3-15,17,19-29,31,33-37,39,41-42H2,1-2H3,(H,47,50)(H,51,52,53)/b18-16+,32-30+,40-38+. The maximum absolute atomic E-state index is 12.6. The van der Waals surface area contributed by atoms with Gasteiger partial charge in [-0.15, -0.1) is 0 Å². The summed E-state index contributed by atoms with van der Waals surface area (Å²) in [6, 6.07) is -1.25. The van der Waals surface area contributed by atoms with Crippen LogP contribution in [-0.2, 0) is 14.9 Å². The van der Waals surface area contributed by atoms with Crippen molar-refractivity contribution in [2.75, 3.05) is 5.75 Å². The first-order chi connectivity index (χ1) is 26.2. The largest absolute Gasteiger partial charge is 0.387 e. The van der Waals surface area contributed by atoms with Crippen LogP contribution in [0.3, 0.4) is 0 Å². The molecule has 3 atom stereocenters. The third-order valence-corrected chi connectivity index (χ3v) is 11.2. The van der Waals surface area contributed by atoms with Crippen LogP contribution in [0.1, 0.15) is 226 Å². The molecule has 0 aromatic carbocycles. The molecule has 54 heavy (non-hydrogen) atoms. The van der Waals surface area contributed by atoms with Crippen molar-refractivity contribution >= 4 is 16.0 Å². The summed E-state index contributed by atoms with van der Waals surface area (Å²) in [5.74, 6) is -1.56. The Balaban J connectivity index is 3.96. The molecule has 0 bridgehead atoms. The van der Waals surface area contributed by atoms with Crippen molar-refractivity contribution in [1.29, 1.82) is 0 Å². The molecule has 7 nitrogen and oxygen atoms in total. The lowest BCUT2D eigenvalue weighted by Crippen LogP contribution is -2.50. The Morgan fingerprint density at radius 2 is 0.833 bits per heavy atom. The number of amides is 1. The van der Waals surface area contributed by atoms with Gasteiger partial charge >= 0.3 is 0 Å². The van der Waals surface area contributed by atoms with Gasteiger partial charge in [0.25, 0.3) is 10.1 Å². The van der Waals surface area contributed by atoms with Gasteiger partial charge in [0.05, 0.1) is 17.9 Å². The number of hydrogen-bond acceptors (Lipinski definition) is 5. The minimum Gasteiger partial charge on any atom is -0.387 e. The van der Waals surface area contributed by atoms with Gasteiger partial charge in [0.15, 0.2) is 0 Å². The van der Waals surface area contributed by atoms with Gasteiger partial charge in [0, 0.05) is 0 Å². The van der Waals surface area contributed by atoms with Crippen LogP contribution < -0.4 is 5.32 Å². The number of unbranched alkanes of at least 4 members (excludes halogenated alkanes) is 28. The molecule has 3 unspecified atom stereocenters. The second kappa shape index (κ2) is 39.7. The SMILES string of the molecule is CCCCCCC/C=C/CC/C=C/CC/C=C/C(O)C(CS(=O)(=O)O)NC(=O)C(O)CCCCCCCCCCCCCCCCCCCCCCCC. The lowest BCUT2D eigenvalue weighted by Gasteiger charge is -2.22. The Morgan fingerprint density at radius 1 is 0.500 bits per heavy atom. The summed E-state index contributed by atoms with van der Waals surface area (Å²) >= 11 is 0. The van der Waals surface area contributed by atoms with E-state index in [1.807, 2.05) is 0 Å². The molecule has 0 radical (unpaired) electrons. The predicted octanol–water partition coefficient (Wildman–Crippen LogP) is 12.7. The Labute approximate surface area is 334 Å². The van der Waals surface area contributed by atoms with Crippen molar-refractivity contribution < 1.29 is 28.0 Å². The molecule has 0 saturated carbocycles. The number of aliphatic hydroxyl groups excluding tert-OH is 2. The fraction of sp³-hybridized carbons (Fsp3) is 0.848. The van der Waals surface area contributed by atoms with Crippen molar-refractivity contribution in [3.63, 3.8) is 0 Å². The highest BCUT2D eigenvalue weighted by molar-refractivity contribution is 7.85. The molecule has 0 rings (SSSR count). The number of allylic oxidation sites excluding steroid dienone is 5. The Kier molecular flexibility index (Phi) is 38.7. The van der Waals surface area contributed by atoms with Crippen LogP contribution in [0.5, 0.6) is 0 Å². The zero-order valence-corrected chi connectivity index (χ0v) is 36.0. The van der Waals surface area contributed by atoms with Crippen LogP contribution in [0.4, 0.5) is 0 Å². The molecular formula is C46H87NO6S. The zero-order chi connectivity index (χ0) is 39.8. The first-order valence-electron chi connectivity index (χ1n) is 22.8. The van der Waals surface area contributed by atoms with E-state index in [1.165, 1.54) is 154 Å². The van der Waals surface area contributed by atoms with E-state index in [1.54, 1.807) is 6.08 Å². The summed E-state index contributed by atoms with van der Waals surface area (Å²) in [6.45, 7) is 4.51. The highest BCUT2D eigenvalue weighted by Crippen LogP contribution is 2.16. The van der Waals surface area contributed by atoms with Gasteiger partial charge in [-0.2, -0.15) is 8.42 Å². The first-order valence-corrected chi connectivity index (χ1v) is 24.4. The Hall–Kier alpha value is -1.48. The smallest absolute Gasteiger partial charge is 0.267 e. The van der Waals surface area contributed by atoms with Gasteiger partial charge in [-0.05, 0) is 44.9 Å². The van der Waals surface area contributed by atoms with E-state index in [9.17, 15) is 28.0 Å². The van der Waals surface area contributed by atoms with Crippen molar-refractivity contribution in [2.45, 2.75) is 244 Å². The average molecular weight is 782 g/mol. The number of carbonyl (C=O) groups is 1. The molecule has 0 aliphatic carbocycles. The van der Waals surface area contributed by atoms with Gasteiger partial charge < -0.3 is 15.5 Å². The van der Waals surface area contributed by atoms with E-state index >= 15 is 0 Å². The fourth-order valence-electron chi connectivity index (χ4n) is 6.90. The summed E-state index contributed by atoms with van der Waals surface area (Å²) in [4.78, 5) is 12.6. The maximum atomic E-state index is 12.6. The molecule has 4 N–H and O–H groups in total. The number of rotatable bonds is 41. The van der Waals surface area contributed by atoms with Gasteiger partial charge in [-0.25, -0.2) is 0 Å². The fourth-order valence-corrected chi connectivity index (χ4v) is 7.64. The second-order valence-corrected chi connectivity index (χ2v) is 17.3. The number of nitrogens with one attached hydrogen (secondary N) is 1. The van der Waals surface area contributed by atoms with Crippen LogP contribution in [0, 0.1) is 0 Å². The molecule has 0 aliphatic heterocycles. The van der Waals surface area contributed by atoms with Crippen molar-refractivity contribution in [2.24, 2.45) is 0 Å². The second-order valence-electron chi connectivity index (χ2n) is 15.8. The zero-order valence-electron chi connectivity index (χ0n) is 35.2. The van der Waals surface area contributed by atoms with Crippen LogP contribution in [0.2, 0.25) is 0 Å². The Morgan fingerprint density at radius 3 is 1.22 bits per heavy atom. The van der Waals surface area contributed by atoms with Crippen LogP contribution in [0.15, 0.2) is 36.5 Å². The molecule has 8 heteroatoms. The lowest BCUT2D eigenvalue weighted by molar-refractivity contribution is -0.130. The monoisotopic (exact) mass is 782 g/mol. The molecule has 0 saturated heterocycles. The maximum Gasteiger partial charge on any atom is 0.267 e. The van der Waals surface area contributed by atoms with Crippen molar-refractivity contribution in [3.05, 3.63) is 36.5 Å². The average Bonchev–Trinajstić information content (AvgIpc) is 3.14. The highest BCUT2D eigenvalue weighted by Gasteiger charge is 2.27. The topological polar surface area (TPSA) is 124 Å². The van der Waals surface area contributed by atoms with Gasteiger partial charge in [-0.1, -0.05) is 217 Å². The molecule has 0 aromatic heterocycles. The molecule has 0 aromatic rings. The molecule has 318 valence electrons. The van der Waals surface area contributed by atoms with E-state index in [4.69, 9.17) is 0 Å². The summed E-state index contributed by atoms with van der Waals surface area (Å²) in [5.41, 5.74) is 0. The minimum absolute atomic E-state index is 0.274. The first kappa shape index (κ1) is 52.5. The van der Waals surface area contributed by atoms with E-state index in [0.717, 1.165) is 44.9 Å². The normalized spacial score (nSPS) is 14.1. The van der Waals surface area contributed by atoms with E-state index in [2.05, 4.69) is 43.5 Å². The predicted molar refractivity (Wildman–Crippen MR) is 231 cm³/mol. The summed E-state index contributed by atoms with van der Waals surface area (Å²) in [6.07, 6.45) is 49.2. The number of carbonyl (C=O) groups excluding carboxylic acids is 1. The number of hydrogen-bond donors (Lipinski definition) is 4. The van der Waals surface area contributed by atoms with E-state index in [0.29, 0.717) is 12.8 Å². The lowest BCUT2D eigenvalue weighted by atomic mass is 10.0.